The minimum absolute atomic E-state index is 0.0154. The highest BCUT2D eigenvalue weighted by molar-refractivity contribution is 5.94. The van der Waals surface area contributed by atoms with E-state index >= 15 is 0 Å². The number of carbonyl (C=O) groups is 1. The first-order valence-electron chi connectivity index (χ1n) is 12.8. The van der Waals surface area contributed by atoms with Crippen molar-refractivity contribution in [3.05, 3.63) is 114 Å². The molecule has 5 heterocycles. The Hall–Kier alpha value is -5.33. The van der Waals surface area contributed by atoms with Gasteiger partial charge in [0.05, 0.1) is 25.1 Å². The summed E-state index contributed by atoms with van der Waals surface area (Å²) in [6, 6.07) is 18.8. The molecule has 4 aromatic heterocycles. The van der Waals surface area contributed by atoms with E-state index in [1.165, 1.54) is 0 Å². The average Bonchev–Trinajstić information content (AvgIpc) is 3.43. The van der Waals surface area contributed by atoms with Crippen LogP contribution in [0.25, 0.3) is 22.6 Å². The van der Waals surface area contributed by atoms with Crippen molar-refractivity contribution >= 4 is 23.1 Å². The highest BCUT2D eigenvalue weighted by Gasteiger charge is 2.18. The molecule has 1 aromatic carbocycles. The molecule has 9 heteroatoms. The van der Waals surface area contributed by atoms with Crippen molar-refractivity contribution in [2.45, 2.75) is 0 Å². The standard InChI is InChI=1S/C31H25N7O2/c1-22(24-11-13-32-14-12-24)35-29-20-23(10-15-33-29)2-7-27-21-34-30-9-8-28(36-38(27)30)25-3-5-26(6-4-25)31(39)37-16-18-40-19-17-37/h3-6,8-15,20-21H,1,16-19H2,(H,33,35). The smallest absolute Gasteiger partial charge is 0.254 e. The predicted molar refractivity (Wildman–Crippen MR) is 152 cm³/mol. The highest BCUT2D eigenvalue weighted by Crippen LogP contribution is 2.20. The van der Waals surface area contributed by atoms with E-state index in [0.29, 0.717) is 49.0 Å². The first kappa shape index (κ1) is 25.0. The predicted octanol–water partition coefficient (Wildman–Crippen LogP) is 4.14. The number of nitrogens with zero attached hydrogens (tertiary/aromatic N) is 6. The quantitative estimate of drug-likeness (QED) is 0.343. The van der Waals surface area contributed by atoms with Gasteiger partial charge in [-0.2, -0.15) is 5.10 Å². The maximum absolute atomic E-state index is 12.8. The topological polar surface area (TPSA) is 97.5 Å². The third-order valence-electron chi connectivity index (χ3n) is 6.49. The van der Waals surface area contributed by atoms with Crippen LogP contribution in [-0.2, 0) is 4.74 Å². The molecule has 1 aliphatic rings. The van der Waals surface area contributed by atoms with Crippen molar-refractivity contribution in [2.75, 3.05) is 31.6 Å². The summed E-state index contributed by atoms with van der Waals surface area (Å²) in [5.74, 6) is 7.01. The zero-order valence-electron chi connectivity index (χ0n) is 21.6. The summed E-state index contributed by atoms with van der Waals surface area (Å²) in [6.45, 7) is 6.45. The molecule has 1 amide bonds. The number of benzene rings is 1. The van der Waals surface area contributed by atoms with Crippen molar-refractivity contribution in [3.8, 4) is 23.1 Å². The number of rotatable bonds is 5. The van der Waals surface area contributed by atoms with Gasteiger partial charge in [-0.05, 0) is 54.5 Å². The molecule has 40 heavy (non-hydrogen) atoms. The zero-order chi connectivity index (χ0) is 27.3. The molecule has 0 saturated carbocycles. The van der Waals surface area contributed by atoms with Crippen LogP contribution in [0, 0.1) is 11.8 Å². The number of nitrogens with one attached hydrogen (secondary N) is 1. The Balaban J connectivity index is 1.20. The van der Waals surface area contributed by atoms with Crippen LogP contribution in [0.3, 0.4) is 0 Å². The molecule has 9 nitrogen and oxygen atoms in total. The van der Waals surface area contributed by atoms with Crippen LogP contribution in [0.15, 0.2) is 92.0 Å². The zero-order valence-corrected chi connectivity index (χ0v) is 21.6. The van der Waals surface area contributed by atoms with Crippen molar-refractivity contribution in [2.24, 2.45) is 0 Å². The minimum atomic E-state index is 0.0154. The van der Waals surface area contributed by atoms with E-state index in [2.05, 4.69) is 38.7 Å². The van der Waals surface area contributed by atoms with Crippen molar-refractivity contribution < 1.29 is 9.53 Å². The number of aromatic nitrogens is 5. The second-order valence-corrected chi connectivity index (χ2v) is 9.13. The van der Waals surface area contributed by atoms with Crippen molar-refractivity contribution in [1.29, 1.82) is 0 Å². The molecule has 0 atom stereocenters. The summed E-state index contributed by atoms with van der Waals surface area (Å²) >= 11 is 0. The lowest BCUT2D eigenvalue weighted by Crippen LogP contribution is -2.40. The molecule has 0 spiro atoms. The Bertz CT molecular complexity index is 1750. The molecule has 6 rings (SSSR count). The summed E-state index contributed by atoms with van der Waals surface area (Å²) in [4.78, 5) is 27.4. The van der Waals surface area contributed by atoms with Gasteiger partial charge in [0.1, 0.15) is 11.5 Å². The van der Waals surface area contributed by atoms with Gasteiger partial charge in [0, 0.05) is 59.6 Å². The molecule has 1 N–H and O–H groups in total. The van der Waals surface area contributed by atoms with Gasteiger partial charge in [-0.15, -0.1) is 0 Å². The van der Waals surface area contributed by atoms with Crippen LogP contribution >= 0.6 is 0 Å². The molecule has 1 fully saturated rings. The Morgan fingerprint density at radius 1 is 0.900 bits per heavy atom. The number of hydrogen-bond acceptors (Lipinski definition) is 7. The lowest BCUT2D eigenvalue weighted by molar-refractivity contribution is 0.0303. The lowest BCUT2D eigenvalue weighted by atomic mass is 10.1. The summed E-state index contributed by atoms with van der Waals surface area (Å²) in [5, 5.41) is 7.99. The van der Waals surface area contributed by atoms with E-state index < -0.39 is 0 Å². The molecular weight excluding hydrogens is 502 g/mol. The fourth-order valence-electron chi connectivity index (χ4n) is 4.34. The van der Waals surface area contributed by atoms with Crippen LogP contribution in [0.1, 0.15) is 27.2 Å². The maximum atomic E-state index is 12.8. The molecule has 0 aliphatic carbocycles. The molecule has 196 valence electrons. The number of fused-ring (bicyclic) bond motifs is 1. The first-order valence-corrected chi connectivity index (χ1v) is 12.8. The number of imidazole rings is 1. The number of amides is 1. The normalized spacial score (nSPS) is 12.9. The summed E-state index contributed by atoms with van der Waals surface area (Å²) in [6.07, 6.45) is 6.84. The summed E-state index contributed by atoms with van der Waals surface area (Å²) in [7, 11) is 0. The van der Waals surface area contributed by atoms with E-state index in [9.17, 15) is 4.79 Å². The first-order chi connectivity index (χ1) is 19.6. The average molecular weight is 528 g/mol. The number of pyridine rings is 2. The van der Waals surface area contributed by atoms with Gasteiger partial charge in [-0.25, -0.2) is 14.5 Å². The van der Waals surface area contributed by atoms with Crippen molar-refractivity contribution in [1.82, 2.24) is 29.5 Å². The fourth-order valence-corrected chi connectivity index (χ4v) is 4.34. The van der Waals surface area contributed by atoms with E-state index in [0.717, 1.165) is 28.1 Å². The Labute approximate surface area is 231 Å². The molecule has 0 bridgehead atoms. The minimum Gasteiger partial charge on any atom is -0.378 e. The number of morpholine rings is 1. The number of ether oxygens (including phenoxy) is 1. The largest absolute Gasteiger partial charge is 0.378 e. The van der Waals surface area contributed by atoms with E-state index in [1.54, 1.807) is 29.3 Å². The van der Waals surface area contributed by atoms with Crippen LogP contribution in [0.4, 0.5) is 5.82 Å². The summed E-state index contributed by atoms with van der Waals surface area (Å²) in [5.41, 5.74) is 6.08. The second-order valence-electron chi connectivity index (χ2n) is 9.13. The lowest BCUT2D eigenvalue weighted by Gasteiger charge is -2.26. The monoisotopic (exact) mass is 527 g/mol. The van der Waals surface area contributed by atoms with Gasteiger partial charge >= 0.3 is 0 Å². The van der Waals surface area contributed by atoms with Crippen LogP contribution in [0.5, 0.6) is 0 Å². The molecule has 0 radical (unpaired) electrons. The van der Waals surface area contributed by atoms with E-state index in [1.807, 2.05) is 65.6 Å². The van der Waals surface area contributed by atoms with E-state index in [4.69, 9.17) is 9.84 Å². The van der Waals surface area contributed by atoms with Gasteiger partial charge in [0.2, 0.25) is 0 Å². The van der Waals surface area contributed by atoms with Gasteiger partial charge in [0.25, 0.3) is 5.91 Å². The van der Waals surface area contributed by atoms with Gasteiger partial charge in [0.15, 0.2) is 5.65 Å². The molecule has 1 aliphatic heterocycles. The van der Waals surface area contributed by atoms with Gasteiger partial charge < -0.3 is 15.0 Å². The highest BCUT2D eigenvalue weighted by atomic mass is 16.5. The Morgan fingerprint density at radius 2 is 1.70 bits per heavy atom. The fraction of sp³-hybridized carbons (Fsp3) is 0.129. The third kappa shape index (κ3) is 5.43. The number of hydrogen-bond donors (Lipinski definition) is 1. The van der Waals surface area contributed by atoms with Crippen LogP contribution in [0.2, 0.25) is 0 Å². The van der Waals surface area contributed by atoms with Crippen LogP contribution < -0.4 is 5.32 Å². The Morgan fingerprint density at radius 3 is 2.50 bits per heavy atom. The molecule has 1 saturated heterocycles. The van der Waals surface area contributed by atoms with Crippen LogP contribution in [-0.4, -0.2) is 61.7 Å². The second kappa shape index (κ2) is 11.2. The van der Waals surface area contributed by atoms with Crippen molar-refractivity contribution in [3.63, 3.8) is 0 Å². The van der Waals surface area contributed by atoms with Gasteiger partial charge in [-0.1, -0.05) is 24.6 Å². The number of anilines is 1. The third-order valence-corrected chi connectivity index (χ3v) is 6.49. The van der Waals surface area contributed by atoms with Gasteiger partial charge in [-0.3, -0.25) is 9.78 Å². The molecular formula is C31H25N7O2. The number of carbonyl (C=O) groups excluding carboxylic acids is 1. The molecule has 5 aromatic rings. The SMILES string of the molecule is C=C(Nc1cc(C#Cc2cnc3ccc(-c4ccc(C(=O)N5CCOCC5)cc4)nn23)ccn1)c1ccncc1. The van der Waals surface area contributed by atoms with E-state index in [-0.39, 0.29) is 5.91 Å². The summed E-state index contributed by atoms with van der Waals surface area (Å²) < 4.78 is 7.07. The maximum Gasteiger partial charge on any atom is 0.254 e. The molecule has 0 unspecified atom stereocenters. The Kier molecular flexibility index (Phi) is 6.99.